The summed E-state index contributed by atoms with van der Waals surface area (Å²) in [4.78, 5) is 25.0. The number of ketones is 1. The number of hydrogen-bond donors (Lipinski definition) is 1. The second-order valence-corrected chi connectivity index (χ2v) is 9.12. The van der Waals surface area contributed by atoms with E-state index in [0.717, 1.165) is 18.5 Å². The number of carbonyl (C=O) groups excluding carboxylic acids is 2. The van der Waals surface area contributed by atoms with Crippen LogP contribution in [0, 0.1) is 11.8 Å². The summed E-state index contributed by atoms with van der Waals surface area (Å²) in [5, 5.41) is 3.46. The van der Waals surface area contributed by atoms with Gasteiger partial charge < -0.3 is 10.1 Å². The average Bonchev–Trinajstić information content (AvgIpc) is 3.11. The van der Waals surface area contributed by atoms with Crippen LogP contribution in [-0.4, -0.2) is 29.9 Å². The van der Waals surface area contributed by atoms with Crippen LogP contribution in [0.3, 0.4) is 0 Å². The molecule has 1 aliphatic carbocycles. The summed E-state index contributed by atoms with van der Waals surface area (Å²) < 4.78 is 5.39. The van der Waals surface area contributed by atoms with E-state index in [4.69, 9.17) is 4.74 Å². The highest BCUT2D eigenvalue weighted by Crippen LogP contribution is 2.36. The third-order valence-corrected chi connectivity index (χ3v) is 5.84. The van der Waals surface area contributed by atoms with Crippen LogP contribution in [-0.2, 0) is 16.0 Å². The molecule has 1 aromatic carbocycles. The lowest BCUT2D eigenvalue weighted by molar-refractivity contribution is -0.121. The summed E-state index contributed by atoms with van der Waals surface area (Å²) in [7, 11) is 0. The molecule has 1 saturated heterocycles. The highest BCUT2D eigenvalue weighted by molar-refractivity contribution is 5.90. The first-order valence-electron chi connectivity index (χ1n) is 10.4. The van der Waals surface area contributed by atoms with Crippen LogP contribution in [0.5, 0.6) is 0 Å². The maximum Gasteiger partial charge on any atom is 0.338 e. The normalized spacial score (nSPS) is 24.0. The van der Waals surface area contributed by atoms with Crippen molar-refractivity contribution in [2.24, 2.45) is 11.8 Å². The van der Waals surface area contributed by atoms with Crippen LogP contribution in [0.2, 0.25) is 0 Å². The standard InChI is InChI=1S/C23H33NO3/c1-23(2,3)27-22(26)18-11-9-16(10-12-18)15-20(25)21-19(13-14-24-21)17-7-5-4-6-8-17/h9-12,17,19,21,24H,4-8,13-15H2,1-3H3/t19-,21-/m0/s1. The van der Waals surface area contributed by atoms with Crippen molar-refractivity contribution in [3.63, 3.8) is 0 Å². The van der Waals surface area contributed by atoms with Gasteiger partial charge in [0, 0.05) is 6.42 Å². The summed E-state index contributed by atoms with van der Waals surface area (Å²) in [5.74, 6) is 1.17. The van der Waals surface area contributed by atoms with Crippen molar-refractivity contribution < 1.29 is 14.3 Å². The molecular formula is C23H33NO3. The van der Waals surface area contributed by atoms with Gasteiger partial charge in [-0.05, 0) is 63.3 Å². The van der Waals surface area contributed by atoms with Gasteiger partial charge >= 0.3 is 5.97 Å². The molecular weight excluding hydrogens is 338 g/mol. The summed E-state index contributed by atoms with van der Waals surface area (Å²) in [6.45, 7) is 6.52. The van der Waals surface area contributed by atoms with Gasteiger partial charge in [-0.2, -0.15) is 0 Å². The summed E-state index contributed by atoms with van der Waals surface area (Å²) >= 11 is 0. The predicted octanol–water partition coefficient (Wildman–Crippen LogP) is 4.31. The van der Waals surface area contributed by atoms with Crippen LogP contribution in [0.4, 0.5) is 0 Å². The highest BCUT2D eigenvalue weighted by atomic mass is 16.6. The Kier molecular flexibility index (Phi) is 6.36. The fourth-order valence-electron chi connectivity index (χ4n) is 4.55. The zero-order valence-corrected chi connectivity index (χ0v) is 16.9. The molecule has 1 saturated carbocycles. The number of Topliss-reactive ketones (excluding diaryl/α,β-unsaturated/α-hetero) is 1. The molecule has 27 heavy (non-hydrogen) atoms. The number of esters is 1. The molecule has 148 valence electrons. The zero-order chi connectivity index (χ0) is 19.4. The lowest BCUT2D eigenvalue weighted by Gasteiger charge is -2.30. The van der Waals surface area contributed by atoms with E-state index < -0.39 is 5.60 Å². The molecule has 3 rings (SSSR count). The van der Waals surface area contributed by atoms with Crippen LogP contribution in [0.1, 0.15) is 75.2 Å². The smallest absolute Gasteiger partial charge is 0.338 e. The van der Waals surface area contributed by atoms with E-state index in [2.05, 4.69) is 5.32 Å². The molecule has 4 nitrogen and oxygen atoms in total. The van der Waals surface area contributed by atoms with Crippen LogP contribution in [0.25, 0.3) is 0 Å². The fraction of sp³-hybridized carbons (Fsp3) is 0.652. The molecule has 2 aliphatic rings. The van der Waals surface area contributed by atoms with Gasteiger partial charge in [-0.25, -0.2) is 4.79 Å². The third-order valence-electron chi connectivity index (χ3n) is 5.84. The van der Waals surface area contributed by atoms with E-state index in [9.17, 15) is 9.59 Å². The molecule has 0 spiro atoms. The van der Waals surface area contributed by atoms with Crippen molar-refractivity contribution >= 4 is 11.8 Å². The third kappa shape index (κ3) is 5.41. The molecule has 4 heteroatoms. The molecule has 0 bridgehead atoms. The first-order chi connectivity index (χ1) is 12.8. The van der Waals surface area contributed by atoms with E-state index in [1.165, 1.54) is 32.1 Å². The molecule has 0 amide bonds. The van der Waals surface area contributed by atoms with Crippen LogP contribution in [0.15, 0.2) is 24.3 Å². The molecule has 2 atom stereocenters. The SMILES string of the molecule is CC(C)(C)OC(=O)c1ccc(CC(=O)[C@H]2NCC[C@H]2C2CCCCC2)cc1. The zero-order valence-electron chi connectivity index (χ0n) is 16.9. The van der Waals surface area contributed by atoms with E-state index >= 15 is 0 Å². The topological polar surface area (TPSA) is 55.4 Å². The Labute approximate surface area is 163 Å². The van der Waals surface area contributed by atoms with E-state index in [1.807, 2.05) is 32.9 Å². The summed E-state index contributed by atoms with van der Waals surface area (Å²) in [6.07, 6.45) is 8.08. The molecule has 0 aromatic heterocycles. The van der Waals surface area contributed by atoms with E-state index in [-0.39, 0.29) is 17.8 Å². The van der Waals surface area contributed by atoms with Crippen molar-refractivity contribution in [1.82, 2.24) is 5.32 Å². The fourth-order valence-corrected chi connectivity index (χ4v) is 4.55. The van der Waals surface area contributed by atoms with E-state index in [1.54, 1.807) is 12.1 Å². The molecule has 1 N–H and O–H groups in total. The summed E-state index contributed by atoms with van der Waals surface area (Å²) in [6, 6.07) is 7.27. The average molecular weight is 372 g/mol. The number of benzene rings is 1. The number of ether oxygens (including phenoxy) is 1. The van der Waals surface area contributed by atoms with Gasteiger partial charge in [0.05, 0.1) is 11.6 Å². The lowest BCUT2D eigenvalue weighted by Crippen LogP contribution is -2.40. The predicted molar refractivity (Wildman–Crippen MR) is 107 cm³/mol. The van der Waals surface area contributed by atoms with Crippen molar-refractivity contribution in [3.8, 4) is 0 Å². The van der Waals surface area contributed by atoms with Crippen LogP contribution < -0.4 is 5.32 Å². The van der Waals surface area contributed by atoms with E-state index in [0.29, 0.717) is 23.8 Å². The number of hydrogen-bond acceptors (Lipinski definition) is 4. The molecule has 0 radical (unpaired) electrons. The second kappa shape index (κ2) is 8.55. The molecule has 0 unspecified atom stereocenters. The Morgan fingerprint density at radius 2 is 1.70 bits per heavy atom. The maximum absolute atomic E-state index is 12.9. The first kappa shape index (κ1) is 20.1. The minimum Gasteiger partial charge on any atom is -0.456 e. The van der Waals surface area contributed by atoms with Crippen molar-refractivity contribution in [1.29, 1.82) is 0 Å². The first-order valence-corrected chi connectivity index (χ1v) is 10.4. The molecule has 2 fully saturated rings. The van der Waals surface area contributed by atoms with Gasteiger partial charge in [0.25, 0.3) is 0 Å². The molecule has 1 aliphatic heterocycles. The van der Waals surface area contributed by atoms with Gasteiger partial charge in [-0.1, -0.05) is 44.2 Å². The maximum atomic E-state index is 12.9. The quantitative estimate of drug-likeness (QED) is 0.784. The Morgan fingerprint density at radius 3 is 2.33 bits per heavy atom. The Balaban J connectivity index is 1.59. The summed E-state index contributed by atoms with van der Waals surface area (Å²) in [5.41, 5.74) is 0.983. The van der Waals surface area contributed by atoms with Crippen molar-refractivity contribution in [2.75, 3.05) is 6.54 Å². The van der Waals surface area contributed by atoms with Crippen LogP contribution >= 0.6 is 0 Å². The second-order valence-electron chi connectivity index (χ2n) is 9.12. The van der Waals surface area contributed by atoms with Gasteiger partial charge in [0.15, 0.2) is 5.78 Å². The van der Waals surface area contributed by atoms with Gasteiger partial charge in [-0.15, -0.1) is 0 Å². The van der Waals surface area contributed by atoms with Gasteiger partial charge in [0.2, 0.25) is 0 Å². The van der Waals surface area contributed by atoms with Crippen molar-refractivity contribution in [3.05, 3.63) is 35.4 Å². The minimum atomic E-state index is -0.506. The number of rotatable bonds is 5. The number of carbonyl (C=O) groups is 2. The monoisotopic (exact) mass is 371 g/mol. The highest BCUT2D eigenvalue weighted by Gasteiger charge is 2.37. The Morgan fingerprint density at radius 1 is 1.04 bits per heavy atom. The minimum absolute atomic E-state index is 0.00127. The molecule has 1 heterocycles. The van der Waals surface area contributed by atoms with Gasteiger partial charge in [0.1, 0.15) is 5.60 Å². The van der Waals surface area contributed by atoms with Gasteiger partial charge in [-0.3, -0.25) is 4.79 Å². The Hall–Kier alpha value is -1.68. The van der Waals surface area contributed by atoms with Crippen molar-refractivity contribution in [2.45, 2.75) is 77.4 Å². The number of nitrogens with one attached hydrogen (secondary N) is 1. The Bertz CT molecular complexity index is 653. The molecule has 1 aromatic rings. The largest absolute Gasteiger partial charge is 0.456 e. The lowest BCUT2D eigenvalue weighted by atomic mass is 9.75.